The van der Waals surface area contributed by atoms with Gasteiger partial charge in [-0.05, 0) is 30.3 Å². The number of nitrogens with zero attached hydrogens (tertiary/aromatic N) is 1. The van der Waals surface area contributed by atoms with Gasteiger partial charge in [0, 0.05) is 24.1 Å². The molecule has 1 heterocycles. The molecule has 0 unspecified atom stereocenters. The molecule has 0 bridgehead atoms. The summed E-state index contributed by atoms with van der Waals surface area (Å²) in [6.45, 7) is -0.390. The highest BCUT2D eigenvalue weighted by molar-refractivity contribution is 6.36. The van der Waals surface area contributed by atoms with Gasteiger partial charge in [-0.3, -0.25) is 14.4 Å². The highest BCUT2D eigenvalue weighted by Crippen LogP contribution is 2.36. The molecular formula is C21H20Cl2N2O6. The van der Waals surface area contributed by atoms with Gasteiger partial charge in [0.2, 0.25) is 5.91 Å². The standard InChI is InChI=1S/C21H20Cl2N2O6/c1-29-14-4-6-17(18(9-14)30-2)25-10-12(7-20(25)27)21(28)31-11-19(26)24-16-5-3-13(22)8-15(16)23/h3-6,8-9,12H,7,10-11H2,1-2H3,(H,24,26)/t12-/m0/s1. The van der Waals surface area contributed by atoms with Crippen molar-refractivity contribution in [2.75, 3.05) is 37.6 Å². The van der Waals surface area contributed by atoms with Crippen molar-refractivity contribution in [3.05, 3.63) is 46.4 Å². The number of ether oxygens (including phenoxy) is 3. The number of esters is 1. The predicted octanol–water partition coefficient (Wildman–Crippen LogP) is 3.55. The molecule has 2 amide bonds. The number of nitrogens with one attached hydrogen (secondary N) is 1. The average Bonchev–Trinajstić information content (AvgIpc) is 3.15. The maximum atomic E-state index is 12.5. The van der Waals surface area contributed by atoms with Crippen LogP contribution in [0.3, 0.4) is 0 Å². The van der Waals surface area contributed by atoms with Gasteiger partial charge in [-0.2, -0.15) is 0 Å². The van der Waals surface area contributed by atoms with Gasteiger partial charge in [-0.1, -0.05) is 23.2 Å². The van der Waals surface area contributed by atoms with Gasteiger partial charge in [0.05, 0.1) is 36.5 Å². The van der Waals surface area contributed by atoms with Crippen molar-refractivity contribution in [1.29, 1.82) is 0 Å². The summed E-state index contributed by atoms with van der Waals surface area (Å²) in [5.74, 6) is -1.12. The van der Waals surface area contributed by atoms with Crippen molar-refractivity contribution < 1.29 is 28.6 Å². The maximum Gasteiger partial charge on any atom is 0.311 e. The smallest absolute Gasteiger partial charge is 0.311 e. The highest BCUT2D eigenvalue weighted by Gasteiger charge is 2.37. The van der Waals surface area contributed by atoms with Crippen LogP contribution in [0.2, 0.25) is 10.0 Å². The second kappa shape index (κ2) is 9.89. The molecule has 1 saturated heterocycles. The summed E-state index contributed by atoms with van der Waals surface area (Å²) in [5.41, 5.74) is 0.875. The molecule has 164 valence electrons. The van der Waals surface area contributed by atoms with Crippen molar-refractivity contribution in [1.82, 2.24) is 0 Å². The zero-order valence-corrected chi connectivity index (χ0v) is 18.3. The normalized spacial score (nSPS) is 15.5. The summed E-state index contributed by atoms with van der Waals surface area (Å²) in [5, 5.41) is 3.23. The first-order valence-corrected chi connectivity index (χ1v) is 10.0. The Morgan fingerprint density at radius 1 is 1.13 bits per heavy atom. The third-order valence-corrected chi connectivity index (χ3v) is 5.23. The molecule has 0 aromatic heterocycles. The molecule has 0 spiro atoms. The summed E-state index contributed by atoms with van der Waals surface area (Å²) < 4.78 is 15.6. The summed E-state index contributed by atoms with van der Waals surface area (Å²) >= 11 is 11.8. The number of rotatable bonds is 7. The number of methoxy groups -OCH3 is 2. The molecule has 1 aliphatic rings. The molecule has 0 saturated carbocycles. The van der Waals surface area contributed by atoms with Crippen molar-refractivity contribution in [3.8, 4) is 11.5 Å². The molecule has 3 rings (SSSR count). The van der Waals surface area contributed by atoms with Crippen LogP contribution >= 0.6 is 23.2 Å². The monoisotopic (exact) mass is 466 g/mol. The topological polar surface area (TPSA) is 94.2 Å². The van der Waals surface area contributed by atoms with Crippen LogP contribution in [0.15, 0.2) is 36.4 Å². The minimum absolute atomic E-state index is 0.0291. The van der Waals surface area contributed by atoms with Gasteiger partial charge in [0.25, 0.3) is 5.91 Å². The number of carbonyl (C=O) groups is 3. The first-order chi connectivity index (χ1) is 14.8. The molecule has 2 aromatic carbocycles. The second-order valence-electron chi connectivity index (χ2n) is 6.72. The van der Waals surface area contributed by atoms with E-state index in [1.165, 1.54) is 25.2 Å². The fourth-order valence-corrected chi connectivity index (χ4v) is 3.59. The fourth-order valence-electron chi connectivity index (χ4n) is 3.14. The predicted molar refractivity (Wildman–Crippen MR) is 116 cm³/mol. The van der Waals surface area contributed by atoms with E-state index >= 15 is 0 Å². The Bertz CT molecular complexity index is 1010. The Morgan fingerprint density at radius 3 is 2.58 bits per heavy atom. The van der Waals surface area contributed by atoms with Crippen LogP contribution in [0.5, 0.6) is 11.5 Å². The van der Waals surface area contributed by atoms with Crippen molar-refractivity contribution in [2.24, 2.45) is 5.92 Å². The Labute approximate surface area is 189 Å². The third-order valence-electron chi connectivity index (χ3n) is 4.69. The first kappa shape index (κ1) is 22.7. The molecule has 31 heavy (non-hydrogen) atoms. The lowest BCUT2D eigenvalue weighted by atomic mass is 10.1. The molecule has 1 N–H and O–H groups in total. The van der Waals surface area contributed by atoms with E-state index in [1.807, 2.05) is 0 Å². The lowest BCUT2D eigenvalue weighted by Crippen LogP contribution is -2.28. The van der Waals surface area contributed by atoms with Gasteiger partial charge < -0.3 is 24.4 Å². The number of hydrogen-bond acceptors (Lipinski definition) is 6. The van der Waals surface area contributed by atoms with Crippen molar-refractivity contribution >= 4 is 52.4 Å². The number of amides is 2. The largest absolute Gasteiger partial charge is 0.497 e. The van der Waals surface area contributed by atoms with E-state index in [2.05, 4.69) is 5.32 Å². The highest BCUT2D eigenvalue weighted by atomic mass is 35.5. The van der Waals surface area contributed by atoms with Gasteiger partial charge >= 0.3 is 5.97 Å². The molecule has 1 fully saturated rings. The number of hydrogen-bond donors (Lipinski definition) is 1. The van der Waals surface area contributed by atoms with Crippen LogP contribution in [-0.2, 0) is 19.1 Å². The maximum absolute atomic E-state index is 12.5. The second-order valence-corrected chi connectivity index (χ2v) is 7.57. The van der Waals surface area contributed by atoms with Crippen LogP contribution in [0, 0.1) is 5.92 Å². The van der Waals surface area contributed by atoms with E-state index in [0.29, 0.717) is 27.9 Å². The number of carbonyl (C=O) groups excluding carboxylic acids is 3. The van der Waals surface area contributed by atoms with E-state index in [0.717, 1.165) is 0 Å². The lowest BCUT2D eigenvalue weighted by molar-refractivity contribution is -0.151. The number of halogens is 2. The van der Waals surface area contributed by atoms with Crippen LogP contribution in [-0.4, -0.2) is 45.2 Å². The van der Waals surface area contributed by atoms with Gasteiger partial charge in [0.15, 0.2) is 6.61 Å². The number of benzene rings is 2. The summed E-state index contributed by atoms with van der Waals surface area (Å²) in [6, 6.07) is 9.63. The molecule has 0 radical (unpaired) electrons. The molecule has 10 heteroatoms. The van der Waals surface area contributed by atoms with Crippen LogP contribution in [0.4, 0.5) is 11.4 Å². The molecular weight excluding hydrogens is 447 g/mol. The zero-order valence-electron chi connectivity index (χ0n) is 16.8. The molecule has 1 atom stereocenters. The van der Waals surface area contributed by atoms with Crippen molar-refractivity contribution in [3.63, 3.8) is 0 Å². The van der Waals surface area contributed by atoms with E-state index in [4.69, 9.17) is 37.4 Å². The lowest BCUT2D eigenvalue weighted by Gasteiger charge is -2.20. The minimum atomic E-state index is -0.703. The summed E-state index contributed by atoms with van der Waals surface area (Å²) in [6.07, 6.45) is -0.0291. The van der Waals surface area contributed by atoms with Gasteiger partial charge in [-0.25, -0.2) is 0 Å². The third kappa shape index (κ3) is 5.39. The van der Waals surface area contributed by atoms with E-state index in [9.17, 15) is 14.4 Å². The zero-order chi connectivity index (χ0) is 22.5. The minimum Gasteiger partial charge on any atom is -0.497 e. The number of anilines is 2. The average molecular weight is 467 g/mol. The molecule has 1 aliphatic heterocycles. The molecule has 0 aliphatic carbocycles. The van der Waals surface area contributed by atoms with E-state index in [-0.39, 0.29) is 23.9 Å². The Balaban J connectivity index is 1.58. The van der Waals surface area contributed by atoms with Crippen LogP contribution < -0.4 is 19.7 Å². The first-order valence-electron chi connectivity index (χ1n) is 9.26. The van der Waals surface area contributed by atoms with Gasteiger partial charge in [-0.15, -0.1) is 0 Å². The SMILES string of the molecule is COc1ccc(N2C[C@@H](C(=O)OCC(=O)Nc3ccc(Cl)cc3Cl)CC2=O)c(OC)c1. The van der Waals surface area contributed by atoms with Crippen molar-refractivity contribution in [2.45, 2.75) is 6.42 Å². The van der Waals surface area contributed by atoms with Crippen LogP contribution in [0.1, 0.15) is 6.42 Å². The summed E-state index contributed by atoms with van der Waals surface area (Å²) in [4.78, 5) is 38.4. The molecule has 2 aromatic rings. The Morgan fingerprint density at radius 2 is 1.90 bits per heavy atom. The van der Waals surface area contributed by atoms with Gasteiger partial charge in [0.1, 0.15) is 11.5 Å². The molecule has 8 nitrogen and oxygen atoms in total. The van der Waals surface area contributed by atoms with Crippen LogP contribution in [0.25, 0.3) is 0 Å². The Hall–Kier alpha value is -2.97. The van der Waals surface area contributed by atoms with E-state index in [1.54, 1.807) is 30.3 Å². The van der Waals surface area contributed by atoms with E-state index < -0.39 is 24.4 Å². The fraction of sp³-hybridized carbons (Fsp3) is 0.286. The Kier molecular flexibility index (Phi) is 7.25. The summed E-state index contributed by atoms with van der Waals surface area (Å²) in [7, 11) is 3.01. The quantitative estimate of drug-likeness (QED) is 0.627.